The molecule has 0 atom stereocenters. The minimum atomic E-state index is -0.250. The number of carbonyl (C=O) groups excluding carboxylic acids is 1. The molecule has 1 aliphatic heterocycles. The van der Waals surface area contributed by atoms with Crippen LogP contribution in [0.25, 0.3) is 11.4 Å². The van der Waals surface area contributed by atoms with Crippen molar-refractivity contribution in [3.63, 3.8) is 0 Å². The van der Waals surface area contributed by atoms with Crippen LogP contribution in [0.5, 0.6) is 0 Å². The van der Waals surface area contributed by atoms with E-state index in [1.165, 1.54) is 0 Å². The molecule has 0 N–H and O–H groups in total. The fourth-order valence-corrected chi connectivity index (χ4v) is 3.30. The monoisotopic (exact) mass is 383 g/mol. The van der Waals surface area contributed by atoms with Crippen LogP contribution in [0.2, 0.25) is 5.02 Å². The molecule has 3 aromatic rings. The van der Waals surface area contributed by atoms with Gasteiger partial charge in [0.25, 0.3) is 0 Å². The Morgan fingerprint density at radius 2 is 2.00 bits per heavy atom. The van der Waals surface area contributed by atoms with Gasteiger partial charge in [0.2, 0.25) is 5.82 Å². The molecule has 0 bridgehead atoms. The van der Waals surface area contributed by atoms with E-state index in [1.807, 2.05) is 24.3 Å². The number of nitrogens with zero attached hydrogens (tertiary/aromatic N) is 5. The summed E-state index contributed by atoms with van der Waals surface area (Å²) in [5.41, 5.74) is 2.98. The van der Waals surface area contributed by atoms with E-state index in [4.69, 9.17) is 16.1 Å². The maximum Gasteiger partial charge on any atom is 0.316 e. The summed E-state index contributed by atoms with van der Waals surface area (Å²) in [6.45, 7) is 4.65. The topological polar surface area (TPSA) is 75.4 Å². The number of piperazine rings is 1. The number of benzene rings is 1. The number of aromatic nitrogens is 3. The smallest absolute Gasteiger partial charge is 0.316 e. The van der Waals surface area contributed by atoms with Crippen molar-refractivity contribution in [2.45, 2.75) is 6.92 Å². The average Bonchev–Trinajstić information content (AvgIpc) is 3.20. The average molecular weight is 384 g/mol. The first-order chi connectivity index (χ1) is 13.1. The van der Waals surface area contributed by atoms with E-state index in [-0.39, 0.29) is 11.8 Å². The van der Waals surface area contributed by atoms with Crippen molar-refractivity contribution in [3.05, 3.63) is 59.2 Å². The highest BCUT2D eigenvalue weighted by Crippen LogP contribution is 2.25. The molecule has 0 spiro atoms. The van der Waals surface area contributed by atoms with Crippen molar-refractivity contribution < 1.29 is 9.32 Å². The molecular weight excluding hydrogens is 366 g/mol. The van der Waals surface area contributed by atoms with Crippen molar-refractivity contribution in [2.24, 2.45) is 0 Å². The lowest BCUT2D eigenvalue weighted by Crippen LogP contribution is -2.49. The predicted molar refractivity (Wildman–Crippen MR) is 102 cm³/mol. The highest BCUT2D eigenvalue weighted by Gasteiger charge is 2.27. The molecule has 138 valence electrons. The van der Waals surface area contributed by atoms with Crippen molar-refractivity contribution in [1.29, 1.82) is 0 Å². The SMILES string of the molecule is Cc1ccc(Cl)cc1N1CCN(C(=O)c2nc(-c3cccnc3)no2)CC1. The molecule has 4 rings (SSSR count). The Labute approximate surface area is 161 Å². The second kappa shape index (κ2) is 7.36. The Bertz CT molecular complexity index is 952. The van der Waals surface area contributed by atoms with Gasteiger partial charge in [-0.25, -0.2) is 0 Å². The molecule has 1 aliphatic rings. The minimum Gasteiger partial charge on any atom is -0.368 e. The molecule has 1 fully saturated rings. The first-order valence-electron chi connectivity index (χ1n) is 8.66. The summed E-state index contributed by atoms with van der Waals surface area (Å²) in [4.78, 5) is 24.9. The third-order valence-electron chi connectivity index (χ3n) is 4.61. The van der Waals surface area contributed by atoms with E-state index in [0.29, 0.717) is 29.5 Å². The van der Waals surface area contributed by atoms with Gasteiger partial charge in [0, 0.05) is 54.8 Å². The quantitative estimate of drug-likeness (QED) is 0.692. The normalized spacial score (nSPS) is 14.4. The zero-order chi connectivity index (χ0) is 18.8. The van der Waals surface area contributed by atoms with Gasteiger partial charge >= 0.3 is 11.8 Å². The fourth-order valence-electron chi connectivity index (χ4n) is 3.13. The van der Waals surface area contributed by atoms with E-state index < -0.39 is 0 Å². The Kier molecular flexibility index (Phi) is 4.77. The van der Waals surface area contributed by atoms with Crippen LogP contribution in [0.3, 0.4) is 0 Å². The maximum absolute atomic E-state index is 12.7. The number of pyridine rings is 1. The van der Waals surface area contributed by atoms with Gasteiger partial charge < -0.3 is 14.3 Å². The molecule has 3 heterocycles. The molecular formula is C19H18ClN5O2. The predicted octanol–water partition coefficient (Wildman–Crippen LogP) is 3.06. The van der Waals surface area contributed by atoms with Crippen LogP contribution in [-0.4, -0.2) is 52.1 Å². The van der Waals surface area contributed by atoms with Crippen molar-refractivity contribution in [1.82, 2.24) is 20.0 Å². The number of aryl methyl sites for hydroxylation is 1. The third-order valence-corrected chi connectivity index (χ3v) is 4.84. The van der Waals surface area contributed by atoms with E-state index >= 15 is 0 Å². The molecule has 0 saturated carbocycles. The first-order valence-corrected chi connectivity index (χ1v) is 9.04. The van der Waals surface area contributed by atoms with Crippen LogP contribution in [0, 0.1) is 6.92 Å². The summed E-state index contributed by atoms with van der Waals surface area (Å²) in [6.07, 6.45) is 3.29. The van der Waals surface area contributed by atoms with Gasteiger partial charge in [-0.15, -0.1) is 0 Å². The van der Waals surface area contributed by atoms with Crippen LogP contribution >= 0.6 is 11.6 Å². The van der Waals surface area contributed by atoms with Crippen LogP contribution in [-0.2, 0) is 0 Å². The minimum absolute atomic E-state index is 0.00115. The van der Waals surface area contributed by atoms with Gasteiger partial charge in [-0.3, -0.25) is 9.78 Å². The Morgan fingerprint density at radius 3 is 2.74 bits per heavy atom. The van der Waals surface area contributed by atoms with Gasteiger partial charge in [-0.2, -0.15) is 4.98 Å². The summed E-state index contributed by atoms with van der Waals surface area (Å²) in [6, 6.07) is 9.46. The zero-order valence-corrected chi connectivity index (χ0v) is 15.6. The number of amides is 1. The lowest BCUT2D eigenvalue weighted by molar-refractivity contribution is 0.0696. The molecule has 0 unspecified atom stereocenters. The molecule has 1 amide bonds. The number of hydrogen-bond acceptors (Lipinski definition) is 6. The number of hydrogen-bond donors (Lipinski definition) is 0. The molecule has 7 nitrogen and oxygen atoms in total. The van der Waals surface area contributed by atoms with Gasteiger partial charge in [0.15, 0.2) is 0 Å². The van der Waals surface area contributed by atoms with Gasteiger partial charge in [0.05, 0.1) is 0 Å². The van der Waals surface area contributed by atoms with Gasteiger partial charge in [-0.05, 0) is 36.8 Å². The number of rotatable bonds is 3. The van der Waals surface area contributed by atoms with Crippen LogP contribution < -0.4 is 4.90 Å². The van der Waals surface area contributed by atoms with Crippen LogP contribution in [0.4, 0.5) is 5.69 Å². The molecule has 1 saturated heterocycles. The number of anilines is 1. The van der Waals surface area contributed by atoms with E-state index in [2.05, 4.69) is 26.9 Å². The summed E-state index contributed by atoms with van der Waals surface area (Å²) in [5.74, 6) is 0.112. The number of carbonyl (C=O) groups is 1. The molecule has 1 aromatic carbocycles. The molecule has 2 aromatic heterocycles. The third kappa shape index (κ3) is 3.64. The van der Waals surface area contributed by atoms with Crippen molar-refractivity contribution >= 4 is 23.2 Å². The number of halogens is 1. The summed E-state index contributed by atoms with van der Waals surface area (Å²) in [5, 5.41) is 4.60. The lowest BCUT2D eigenvalue weighted by Gasteiger charge is -2.36. The van der Waals surface area contributed by atoms with Crippen LogP contribution in [0.1, 0.15) is 16.2 Å². The zero-order valence-electron chi connectivity index (χ0n) is 14.8. The highest BCUT2D eigenvalue weighted by atomic mass is 35.5. The van der Waals surface area contributed by atoms with Crippen molar-refractivity contribution in [3.8, 4) is 11.4 Å². The molecule has 0 radical (unpaired) electrons. The van der Waals surface area contributed by atoms with Gasteiger partial charge in [-0.1, -0.05) is 22.8 Å². The maximum atomic E-state index is 12.7. The highest BCUT2D eigenvalue weighted by molar-refractivity contribution is 6.30. The largest absolute Gasteiger partial charge is 0.368 e. The fraction of sp³-hybridized carbons (Fsp3) is 0.263. The summed E-state index contributed by atoms with van der Waals surface area (Å²) >= 11 is 6.12. The van der Waals surface area contributed by atoms with Crippen LogP contribution in [0.15, 0.2) is 47.2 Å². The van der Waals surface area contributed by atoms with E-state index in [9.17, 15) is 4.79 Å². The molecule has 0 aliphatic carbocycles. The molecule has 8 heteroatoms. The van der Waals surface area contributed by atoms with Crippen molar-refractivity contribution in [2.75, 3.05) is 31.1 Å². The van der Waals surface area contributed by atoms with E-state index in [0.717, 1.165) is 24.3 Å². The Hall–Kier alpha value is -2.93. The lowest BCUT2D eigenvalue weighted by atomic mass is 10.1. The Balaban J connectivity index is 1.43. The first kappa shape index (κ1) is 17.5. The Morgan fingerprint density at radius 1 is 1.19 bits per heavy atom. The summed E-state index contributed by atoms with van der Waals surface area (Å²) < 4.78 is 5.17. The second-order valence-corrected chi connectivity index (χ2v) is 6.81. The standard InChI is InChI=1S/C19H18ClN5O2/c1-13-4-5-15(20)11-16(13)24-7-9-25(10-8-24)19(26)18-22-17(23-27-18)14-3-2-6-21-12-14/h2-6,11-12H,7-10H2,1H3. The summed E-state index contributed by atoms with van der Waals surface area (Å²) in [7, 11) is 0. The second-order valence-electron chi connectivity index (χ2n) is 6.37. The van der Waals surface area contributed by atoms with Gasteiger partial charge in [0.1, 0.15) is 0 Å². The van der Waals surface area contributed by atoms with E-state index in [1.54, 1.807) is 23.4 Å². The molecule has 27 heavy (non-hydrogen) atoms.